The van der Waals surface area contributed by atoms with E-state index in [9.17, 15) is 0 Å². The molecule has 1 heterocycles. The van der Waals surface area contributed by atoms with E-state index in [1.54, 1.807) is 0 Å². The molecule has 1 aromatic heterocycles. The summed E-state index contributed by atoms with van der Waals surface area (Å²) in [6.07, 6.45) is 4.86. The van der Waals surface area contributed by atoms with Crippen molar-refractivity contribution in [3.05, 3.63) is 36.0 Å². The minimum atomic E-state index is 0. The van der Waals surface area contributed by atoms with Gasteiger partial charge in [0.2, 0.25) is 0 Å². The lowest BCUT2D eigenvalue weighted by Gasteiger charge is -2.22. The molecule has 24 heavy (non-hydrogen) atoms. The summed E-state index contributed by atoms with van der Waals surface area (Å²) in [6, 6.07) is 9.94. The highest BCUT2D eigenvalue weighted by Gasteiger charge is 2.12. The van der Waals surface area contributed by atoms with Gasteiger partial charge < -0.3 is 9.42 Å². The van der Waals surface area contributed by atoms with Crippen LogP contribution in [0.3, 0.4) is 0 Å². The molecule has 2 aromatic rings. The maximum atomic E-state index is 7.98. The van der Waals surface area contributed by atoms with Crippen molar-refractivity contribution in [3.8, 4) is 11.4 Å². The normalized spacial score (nSPS) is 10.8. The van der Waals surface area contributed by atoms with Gasteiger partial charge in [-0.25, -0.2) is 5.41 Å². The molecule has 0 radical (unpaired) electrons. The van der Waals surface area contributed by atoms with E-state index in [2.05, 4.69) is 23.9 Å². The lowest BCUT2D eigenvalue weighted by molar-refractivity contribution is 0.250. The quantitative estimate of drug-likeness (QED) is 0.704. The van der Waals surface area contributed by atoms with Crippen LogP contribution < -0.4 is 5.68 Å². The molecule has 0 bridgehead atoms. The van der Waals surface area contributed by atoms with Crippen molar-refractivity contribution < 1.29 is 4.52 Å². The molecule has 0 aliphatic heterocycles. The fourth-order valence-corrected chi connectivity index (χ4v) is 2.62. The number of aromatic nitrogens is 2. The molecule has 0 atom stereocenters. The number of nitrogens with zero attached hydrogens (tertiary/aromatic N) is 3. The predicted octanol–water partition coefficient (Wildman–Crippen LogP) is 3.95. The first-order chi connectivity index (χ1) is 11.3. The average molecular weight is 353 g/mol. The number of unbranched alkanes of at least 4 members (excludes halogenated alkanes) is 2. The third-order valence-corrected chi connectivity index (χ3v) is 4.05. The molecule has 0 amide bonds. The summed E-state index contributed by atoms with van der Waals surface area (Å²) in [5, 5.41) is 12.0. The summed E-state index contributed by atoms with van der Waals surface area (Å²) >= 11 is 0. The minimum Gasteiger partial charge on any atom is -0.315 e. The van der Waals surface area contributed by atoms with Gasteiger partial charge in [0.25, 0.3) is 0 Å². The van der Waals surface area contributed by atoms with Crippen LogP contribution in [0.4, 0.5) is 0 Å². The van der Waals surface area contributed by atoms with E-state index < -0.39 is 0 Å². The Bertz CT molecular complexity index is 615. The Kier molecular flexibility index (Phi) is 9.42. The van der Waals surface area contributed by atoms with E-state index in [0.717, 1.165) is 37.6 Å². The smallest absolute Gasteiger partial charge is 0.315 e. The molecule has 1 N–H and O–H groups in total. The second kappa shape index (κ2) is 11.0. The van der Waals surface area contributed by atoms with E-state index >= 15 is 0 Å². The van der Waals surface area contributed by atoms with Crippen molar-refractivity contribution >= 4 is 12.4 Å². The van der Waals surface area contributed by atoms with E-state index in [-0.39, 0.29) is 18.1 Å². The first kappa shape index (κ1) is 20.5. The van der Waals surface area contributed by atoms with Crippen molar-refractivity contribution in [3.63, 3.8) is 0 Å². The van der Waals surface area contributed by atoms with Crippen molar-refractivity contribution in [2.24, 2.45) is 0 Å². The lowest BCUT2D eigenvalue weighted by atomic mass is 10.2. The van der Waals surface area contributed by atoms with Gasteiger partial charge in [-0.3, -0.25) is 4.57 Å². The summed E-state index contributed by atoms with van der Waals surface area (Å²) in [4.78, 5) is 2.49. The van der Waals surface area contributed by atoms with E-state index in [0.29, 0.717) is 0 Å². The molecular weight excluding hydrogens is 324 g/mol. The van der Waals surface area contributed by atoms with E-state index in [1.807, 2.05) is 34.9 Å². The Hall–Kier alpha value is -1.59. The van der Waals surface area contributed by atoms with Gasteiger partial charge in [-0.2, -0.15) is 0 Å². The number of halogens is 1. The standard InChI is InChI=1S/C18H28N4O.ClH/c1-3-5-12-21(13-6-4-2)14-15-22-17(20-23-18(22)19)16-10-8-7-9-11-16;/h7-11,19H,3-6,12-15H2,1-2H3;1H. The summed E-state index contributed by atoms with van der Waals surface area (Å²) in [7, 11) is 0. The molecule has 5 nitrogen and oxygen atoms in total. The van der Waals surface area contributed by atoms with Crippen molar-refractivity contribution in [2.75, 3.05) is 19.6 Å². The summed E-state index contributed by atoms with van der Waals surface area (Å²) in [6.45, 7) is 8.36. The molecule has 0 fully saturated rings. The first-order valence-corrected chi connectivity index (χ1v) is 8.65. The van der Waals surface area contributed by atoms with Gasteiger partial charge in [-0.15, -0.1) is 12.4 Å². The van der Waals surface area contributed by atoms with Gasteiger partial charge in [0.1, 0.15) is 0 Å². The number of hydrogen-bond acceptors (Lipinski definition) is 4. The zero-order valence-electron chi connectivity index (χ0n) is 14.7. The average Bonchev–Trinajstić information content (AvgIpc) is 2.96. The van der Waals surface area contributed by atoms with Crippen LogP contribution >= 0.6 is 12.4 Å². The van der Waals surface area contributed by atoms with Crippen LogP contribution in [0.25, 0.3) is 11.4 Å². The second-order valence-corrected chi connectivity index (χ2v) is 5.88. The van der Waals surface area contributed by atoms with Gasteiger partial charge >= 0.3 is 5.68 Å². The van der Waals surface area contributed by atoms with Gasteiger partial charge in [0.05, 0.1) is 0 Å². The molecule has 6 heteroatoms. The molecular formula is C18H29ClN4O. The number of hydrogen-bond donors (Lipinski definition) is 1. The highest BCUT2D eigenvalue weighted by Crippen LogP contribution is 2.14. The maximum absolute atomic E-state index is 7.98. The second-order valence-electron chi connectivity index (χ2n) is 5.88. The Morgan fingerprint density at radius 1 is 1.04 bits per heavy atom. The zero-order chi connectivity index (χ0) is 16.5. The van der Waals surface area contributed by atoms with Gasteiger partial charge in [-0.1, -0.05) is 62.2 Å². The zero-order valence-corrected chi connectivity index (χ0v) is 15.5. The topological polar surface area (TPSA) is 58.1 Å². The van der Waals surface area contributed by atoms with E-state index in [1.165, 1.54) is 25.7 Å². The molecule has 134 valence electrons. The van der Waals surface area contributed by atoms with Crippen LogP contribution in [0.5, 0.6) is 0 Å². The van der Waals surface area contributed by atoms with Crippen LogP contribution in [0.15, 0.2) is 34.9 Å². The van der Waals surface area contributed by atoms with Crippen LogP contribution in [0, 0.1) is 5.41 Å². The van der Waals surface area contributed by atoms with Gasteiger partial charge in [0, 0.05) is 18.7 Å². The number of nitrogens with one attached hydrogen (secondary N) is 1. The summed E-state index contributed by atoms with van der Waals surface area (Å²) in [5.74, 6) is 0.738. The Labute approximate surface area is 150 Å². The first-order valence-electron chi connectivity index (χ1n) is 8.65. The summed E-state index contributed by atoms with van der Waals surface area (Å²) < 4.78 is 6.97. The largest absolute Gasteiger partial charge is 0.320 e. The molecule has 0 spiro atoms. The van der Waals surface area contributed by atoms with E-state index in [4.69, 9.17) is 9.93 Å². The highest BCUT2D eigenvalue weighted by atomic mass is 35.5. The maximum Gasteiger partial charge on any atom is 0.320 e. The van der Waals surface area contributed by atoms with Crippen LogP contribution in [0.2, 0.25) is 0 Å². The van der Waals surface area contributed by atoms with Crippen LogP contribution in [0.1, 0.15) is 39.5 Å². The SMILES string of the molecule is CCCCN(CCCC)CCn1c(-c2ccccc2)noc1=N.Cl. The van der Waals surface area contributed by atoms with Crippen LogP contribution in [-0.2, 0) is 6.54 Å². The minimum absolute atomic E-state index is 0. The summed E-state index contributed by atoms with van der Waals surface area (Å²) in [5.41, 5.74) is 1.11. The predicted molar refractivity (Wildman–Crippen MR) is 99.3 cm³/mol. The molecule has 0 aliphatic carbocycles. The molecule has 0 saturated carbocycles. The molecule has 2 rings (SSSR count). The molecule has 1 aromatic carbocycles. The third kappa shape index (κ3) is 5.80. The van der Waals surface area contributed by atoms with Gasteiger partial charge in [-0.05, 0) is 25.9 Å². The van der Waals surface area contributed by atoms with Crippen molar-refractivity contribution in [1.29, 1.82) is 5.41 Å². The fourth-order valence-electron chi connectivity index (χ4n) is 2.62. The monoisotopic (exact) mass is 352 g/mol. The van der Waals surface area contributed by atoms with Gasteiger partial charge in [0.15, 0.2) is 5.82 Å². The fraction of sp³-hybridized carbons (Fsp3) is 0.556. The Balaban J connectivity index is 0.00000288. The van der Waals surface area contributed by atoms with Crippen molar-refractivity contribution in [2.45, 2.75) is 46.1 Å². The Morgan fingerprint density at radius 3 is 2.25 bits per heavy atom. The third-order valence-electron chi connectivity index (χ3n) is 4.05. The lowest BCUT2D eigenvalue weighted by Crippen LogP contribution is -2.32. The number of benzene rings is 1. The van der Waals surface area contributed by atoms with Crippen molar-refractivity contribution in [1.82, 2.24) is 14.6 Å². The molecule has 0 unspecified atom stereocenters. The van der Waals surface area contributed by atoms with Crippen LogP contribution in [-0.4, -0.2) is 34.3 Å². The molecule has 0 saturated heterocycles. The molecule has 0 aliphatic rings. The number of rotatable bonds is 10. The highest BCUT2D eigenvalue weighted by molar-refractivity contribution is 5.85. The Morgan fingerprint density at radius 2 is 1.67 bits per heavy atom.